The summed E-state index contributed by atoms with van der Waals surface area (Å²) in [5.41, 5.74) is 1.53. The zero-order chi connectivity index (χ0) is 16.1. The predicted octanol–water partition coefficient (Wildman–Crippen LogP) is 2.96. The molecule has 3 rings (SSSR count). The molecule has 1 atom stereocenters. The molecule has 2 aromatic rings. The number of nitrogens with zero attached hydrogens (tertiary/aromatic N) is 1. The van der Waals surface area contributed by atoms with Crippen LogP contribution in [0.5, 0.6) is 5.75 Å². The van der Waals surface area contributed by atoms with E-state index in [0.29, 0.717) is 13.2 Å². The highest BCUT2D eigenvalue weighted by atomic mass is 19.1. The summed E-state index contributed by atoms with van der Waals surface area (Å²) in [7, 11) is 0. The highest BCUT2D eigenvalue weighted by Gasteiger charge is 2.22. The van der Waals surface area contributed by atoms with Gasteiger partial charge in [0.15, 0.2) is 0 Å². The van der Waals surface area contributed by atoms with E-state index in [2.05, 4.69) is 16.7 Å². The van der Waals surface area contributed by atoms with E-state index in [0.717, 1.165) is 24.2 Å². The zero-order valence-corrected chi connectivity index (χ0v) is 12.7. The van der Waals surface area contributed by atoms with Crippen LogP contribution < -0.4 is 0 Å². The average Bonchev–Trinajstić information content (AvgIpc) is 2.59. The molecule has 0 saturated carbocycles. The lowest BCUT2D eigenvalue weighted by Gasteiger charge is -2.32. The molecule has 1 unspecified atom stereocenters. The van der Waals surface area contributed by atoms with Crippen LogP contribution in [0, 0.1) is 17.7 Å². The lowest BCUT2D eigenvalue weighted by molar-refractivity contribution is 0.0266. The van der Waals surface area contributed by atoms with Crippen LogP contribution in [0.4, 0.5) is 4.39 Å². The Morgan fingerprint density at radius 3 is 2.43 bits per heavy atom. The van der Waals surface area contributed by atoms with Crippen molar-refractivity contribution in [2.75, 3.05) is 26.3 Å². The van der Waals surface area contributed by atoms with Crippen LogP contribution in [0.15, 0.2) is 48.5 Å². The number of para-hydroxylation sites is 1. The van der Waals surface area contributed by atoms with Crippen LogP contribution in [0.1, 0.15) is 17.2 Å². The van der Waals surface area contributed by atoms with E-state index < -0.39 is 0 Å². The number of rotatable bonds is 2. The minimum atomic E-state index is -0.277. The number of ether oxygens (including phenoxy) is 1. The van der Waals surface area contributed by atoms with Gasteiger partial charge in [0.2, 0.25) is 0 Å². The Labute approximate surface area is 135 Å². The maximum absolute atomic E-state index is 13.0. The van der Waals surface area contributed by atoms with E-state index in [1.807, 2.05) is 12.1 Å². The van der Waals surface area contributed by atoms with Gasteiger partial charge in [0, 0.05) is 24.2 Å². The molecule has 0 bridgehead atoms. The van der Waals surface area contributed by atoms with Gasteiger partial charge >= 0.3 is 0 Å². The molecule has 2 aromatic carbocycles. The molecule has 1 saturated heterocycles. The van der Waals surface area contributed by atoms with Crippen LogP contribution >= 0.6 is 0 Å². The fourth-order valence-corrected chi connectivity index (χ4v) is 2.61. The summed E-state index contributed by atoms with van der Waals surface area (Å²) >= 11 is 0. The zero-order valence-electron chi connectivity index (χ0n) is 12.7. The van der Waals surface area contributed by atoms with Crippen LogP contribution in [-0.2, 0) is 4.74 Å². The summed E-state index contributed by atoms with van der Waals surface area (Å²) in [6.07, 6.45) is 0. The molecule has 0 radical (unpaired) electrons. The van der Waals surface area contributed by atoms with Crippen LogP contribution in [0.25, 0.3) is 0 Å². The van der Waals surface area contributed by atoms with Gasteiger partial charge < -0.3 is 9.84 Å². The van der Waals surface area contributed by atoms with Crippen molar-refractivity contribution in [2.45, 2.75) is 6.04 Å². The van der Waals surface area contributed by atoms with Crippen LogP contribution in [-0.4, -0.2) is 36.3 Å². The quantitative estimate of drug-likeness (QED) is 0.866. The van der Waals surface area contributed by atoms with Crippen molar-refractivity contribution >= 4 is 0 Å². The van der Waals surface area contributed by atoms with Gasteiger partial charge in [-0.25, -0.2) is 4.39 Å². The van der Waals surface area contributed by atoms with Crippen LogP contribution in [0.2, 0.25) is 0 Å². The number of morpholine rings is 1. The van der Waals surface area contributed by atoms with E-state index >= 15 is 0 Å². The molecule has 0 aromatic heterocycles. The van der Waals surface area contributed by atoms with Crippen molar-refractivity contribution in [1.82, 2.24) is 4.90 Å². The molecule has 23 heavy (non-hydrogen) atoms. The summed E-state index contributed by atoms with van der Waals surface area (Å²) in [6.45, 7) is 2.83. The van der Waals surface area contributed by atoms with Gasteiger partial charge in [-0.1, -0.05) is 30.0 Å². The van der Waals surface area contributed by atoms with E-state index in [-0.39, 0.29) is 17.6 Å². The highest BCUT2D eigenvalue weighted by Crippen LogP contribution is 2.28. The first-order valence-corrected chi connectivity index (χ1v) is 7.61. The topological polar surface area (TPSA) is 32.7 Å². The Morgan fingerprint density at radius 2 is 1.74 bits per heavy atom. The fourth-order valence-electron chi connectivity index (χ4n) is 2.61. The molecule has 1 heterocycles. The second-order valence-corrected chi connectivity index (χ2v) is 5.39. The standard InChI is InChI=1S/C19H18FNO2/c20-16-8-5-15(6-9-16)7-10-18(21-11-13-23-14-12-21)17-3-1-2-4-19(17)22/h1-6,8-9,18,22H,11-14H2. The number of phenols is 1. The number of benzene rings is 2. The highest BCUT2D eigenvalue weighted by molar-refractivity contribution is 5.42. The number of hydrogen-bond donors (Lipinski definition) is 1. The van der Waals surface area contributed by atoms with Crippen molar-refractivity contribution in [3.8, 4) is 17.6 Å². The molecule has 1 fully saturated rings. The summed E-state index contributed by atoms with van der Waals surface area (Å²) in [6, 6.07) is 13.1. The number of halogens is 1. The Morgan fingerprint density at radius 1 is 1.04 bits per heavy atom. The molecule has 1 N–H and O–H groups in total. The first-order chi connectivity index (χ1) is 11.2. The van der Waals surface area contributed by atoms with Gasteiger partial charge in [0.05, 0.1) is 13.2 Å². The molecule has 3 nitrogen and oxygen atoms in total. The van der Waals surface area contributed by atoms with Gasteiger partial charge in [-0.05, 0) is 30.3 Å². The maximum atomic E-state index is 13.0. The third-order valence-corrected chi connectivity index (χ3v) is 3.84. The third kappa shape index (κ3) is 3.89. The monoisotopic (exact) mass is 311 g/mol. The lowest BCUT2D eigenvalue weighted by Crippen LogP contribution is -2.38. The lowest BCUT2D eigenvalue weighted by atomic mass is 10.0. The van der Waals surface area contributed by atoms with Gasteiger partial charge in [-0.2, -0.15) is 0 Å². The molecule has 0 aliphatic carbocycles. The van der Waals surface area contributed by atoms with E-state index in [9.17, 15) is 9.50 Å². The van der Waals surface area contributed by atoms with Crippen molar-refractivity contribution in [3.05, 3.63) is 65.5 Å². The first-order valence-electron chi connectivity index (χ1n) is 7.61. The minimum absolute atomic E-state index is 0.217. The summed E-state index contributed by atoms with van der Waals surface area (Å²) in [5, 5.41) is 10.2. The van der Waals surface area contributed by atoms with Crippen molar-refractivity contribution in [2.24, 2.45) is 0 Å². The Bertz CT molecular complexity index is 712. The molecule has 0 amide bonds. The van der Waals surface area contributed by atoms with Gasteiger partial charge in [-0.15, -0.1) is 0 Å². The molecular weight excluding hydrogens is 293 g/mol. The molecule has 1 aliphatic rings. The summed E-state index contributed by atoms with van der Waals surface area (Å²) in [5.74, 6) is 6.26. The SMILES string of the molecule is Oc1ccccc1C(C#Cc1ccc(F)cc1)N1CCOCC1. The summed E-state index contributed by atoms with van der Waals surface area (Å²) < 4.78 is 18.4. The maximum Gasteiger partial charge on any atom is 0.123 e. The molecule has 0 spiro atoms. The first kappa shape index (κ1) is 15.5. The second-order valence-electron chi connectivity index (χ2n) is 5.39. The van der Waals surface area contributed by atoms with Gasteiger partial charge in [0.25, 0.3) is 0 Å². The largest absolute Gasteiger partial charge is 0.508 e. The van der Waals surface area contributed by atoms with Crippen molar-refractivity contribution in [3.63, 3.8) is 0 Å². The van der Waals surface area contributed by atoms with Crippen molar-refractivity contribution < 1.29 is 14.2 Å². The Hall–Kier alpha value is -2.35. The molecule has 4 heteroatoms. The van der Waals surface area contributed by atoms with Gasteiger partial charge in [-0.3, -0.25) is 4.90 Å². The normalized spacial score (nSPS) is 16.4. The average molecular weight is 311 g/mol. The van der Waals surface area contributed by atoms with Crippen molar-refractivity contribution in [1.29, 1.82) is 0 Å². The van der Waals surface area contributed by atoms with E-state index in [4.69, 9.17) is 4.74 Å². The molecule has 1 aliphatic heterocycles. The number of phenolic OH excluding ortho intramolecular Hbond substituents is 1. The smallest absolute Gasteiger partial charge is 0.123 e. The van der Waals surface area contributed by atoms with E-state index in [1.54, 1.807) is 24.3 Å². The Balaban J connectivity index is 1.92. The predicted molar refractivity (Wildman–Crippen MR) is 86.5 cm³/mol. The Kier molecular flexibility index (Phi) is 4.92. The molecular formula is C19H18FNO2. The minimum Gasteiger partial charge on any atom is -0.508 e. The number of aromatic hydroxyl groups is 1. The summed E-state index contributed by atoms with van der Waals surface area (Å²) in [4.78, 5) is 2.19. The van der Waals surface area contributed by atoms with Crippen LogP contribution in [0.3, 0.4) is 0 Å². The fraction of sp³-hybridized carbons (Fsp3) is 0.263. The second kappa shape index (κ2) is 7.28. The third-order valence-electron chi connectivity index (χ3n) is 3.84. The number of hydrogen-bond acceptors (Lipinski definition) is 3. The van der Waals surface area contributed by atoms with E-state index in [1.165, 1.54) is 12.1 Å². The van der Waals surface area contributed by atoms with Gasteiger partial charge in [0.1, 0.15) is 17.6 Å². The molecule has 118 valence electrons.